The number of halogens is 2. The van der Waals surface area contributed by atoms with Gasteiger partial charge >= 0.3 is 0 Å². The number of hydrogen-bond acceptors (Lipinski definition) is 6. The number of piperazine rings is 1. The topological polar surface area (TPSA) is 62.5 Å². The van der Waals surface area contributed by atoms with Crippen molar-refractivity contribution in [2.75, 3.05) is 26.2 Å². The highest BCUT2D eigenvalue weighted by atomic mass is 35.5. The fourth-order valence-electron chi connectivity index (χ4n) is 3.03. The number of rotatable bonds is 5. The number of benzene rings is 1. The number of carbonyl (C=O) groups excluding carboxylic acids is 1. The standard InChI is InChI=1S/C20H18Cl2N4O2S/c21-15-5-3-14(12-16(15)22)4-6-19(27)26-9-7-25(8-10-26)13-18-23-20(24-28-18)17-2-1-11-29-17/h1-6,11-12H,7-10,13H2/b6-4+. The summed E-state index contributed by atoms with van der Waals surface area (Å²) in [6.45, 7) is 3.39. The van der Waals surface area contributed by atoms with E-state index in [1.165, 1.54) is 0 Å². The molecule has 0 atom stereocenters. The van der Waals surface area contributed by atoms with Gasteiger partial charge in [-0.1, -0.05) is 40.5 Å². The Morgan fingerprint density at radius 2 is 2.00 bits per heavy atom. The lowest BCUT2D eigenvalue weighted by Crippen LogP contribution is -2.47. The zero-order valence-corrected chi connectivity index (χ0v) is 17.8. The highest BCUT2D eigenvalue weighted by Crippen LogP contribution is 2.23. The Bertz CT molecular complexity index is 1010. The van der Waals surface area contributed by atoms with Crippen LogP contribution in [0, 0.1) is 0 Å². The molecule has 0 bridgehead atoms. The summed E-state index contributed by atoms with van der Waals surface area (Å²) in [6, 6.07) is 9.21. The molecule has 1 aliphatic rings. The van der Waals surface area contributed by atoms with Gasteiger partial charge in [-0.3, -0.25) is 9.69 Å². The van der Waals surface area contributed by atoms with Gasteiger partial charge in [-0.25, -0.2) is 0 Å². The Balaban J connectivity index is 1.28. The van der Waals surface area contributed by atoms with Crippen molar-refractivity contribution in [1.29, 1.82) is 0 Å². The first kappa shape index (κ1) is 20.1. The number of hydrogen-bond donors (Lipinski definition) is 0. The van der Waals surface area contributed by atoms with Gasteiger partial charge in [-0.2, -0.15) is 4.98 Å². The minimum absolute atomic E-state index is 0.0199. The van der Waals surface area contributed by atoms with Crippen molar-refractivity contribution in [3.63, 3.8) is 0 Å². The third-order valence-corrected chi connectivity index (χ3v) is 6.22. The number of carbonyl (C=O) groups is 1. The lowest BCUT2D eigenvalue weighted by atomic mass is 10.2. The minimum atomic E-state index is -0.0199. The molecular weight excluding hydrogens is 431 g/mol. The Morgan fingerprint density at radius 1 is 1.17 bits per heavy atom. The van der Waals surface area contributed by atoms with Gasteiger partial charge < -0.3 is 9.42 Å². The molecule has 0 N–H and O–H groups in total. The average molecular weight is 449 g/mol. The van der Waals surface area contributed by atoms with Gasteiger partial charge in [0.05, 0.1) is 21.5 Å². The fraction of sp³-hybridized carbons (Fsp3) is 0.250. The van der Waals surface area contributed by atoms with E-state index in [2.05, 4.69) is 15.0 Å². The molecule has 0 aliphatic carbocycles. The van der Waals surface area contributed by atoms with Crippen LogP contribution in [0.1, 0.15) is 11.5 Å². The molecule has 6 nitrogen and oxygen atoms in total. The summed E-state index contributed by atoms with van der Waals surface area (Å²) >= 11 is 13.5. The zero-order chi connectivity index (χ0) is 20.2. The lowest BCUT2D eigenvalue weighted by Gasteiger charge is -2.33. The van der Waals surface area contributed by atoms with E-state index in [9.17, 15) is 4.79 Å². The number of aromatic nitrogens is 2. The molecule has 0 spiro atoms. The molecule has 0 radical (unpaired) electrons. The fourth-order valence-corrected chi connectivity index (χ4v) is 3.99. The van der Waals surface area contributed by atoms with Gasteiger partial charge in [-0.15, -0.1) is 11.3 Å². The summed E-state index contributed by atoms with van der Waals surface area (Å²) in [5, 5.41) is 6.99. The van der Waals surface area contributed by atoms with E-state index in [1.54, 1.807) is 35.6 Å². The van der Waals surface area contributed by atoms with Crippen LogP contribution in [0.15, 0.2) is 46.3 Å². The van der Waals surface area contributed by atoms with Crippen molar-refractivity contribution < 1.29 is 9.32 Å². The molecule has 0 unspecified atom stereocenters. The lowest BCUT2D eigenvalue weighted by molar-refractivity contribution is -0.127. The van der Waals surface area contributed by atoms with Gasteiger partial charge in [0.1, 0.15) is 0 Å². The van der Waals surface area contributed by atoms with Crippen LogP contribution in [0.4, 0.5) is 0 Å². The maximum Gasteiger partial charge on any atom is 0.246 e. The minimum Gasteiger partial charge on any atom is -0.338 e. The summed E-state index contributed by atoms with van der Waals surface area (Å²) < 4.78 is 5.36. The van der Waals surface area contributed by atoms with Crippen molar-refractivity contribution in [3.8, 4) is 10.7 Å². The molecule has 3 heterocycles. The predicted molar refractivity (Wildman–Crippen MR) is 115 cm³/mol. The van der Waals surface area contributed by atoms with Crippen LogP contribution < -0.4 is 0 Å². The Morgan fingerprint density at radius 3 is 2.72 bits per heavy atom. The maximum absolute atomic E-state index is 12.4. The summed E-state index contributed by atoms with van der Waals surface area (Å²) in [7, 11) is 0. The second kappa shape index (κ2) is 9.09. The molecule has 1 fully saturated rings. The van der Waals surface area contributed by atoms with Crippen LogP contribution >= 0.6 is 34.5 Å². The SMILES string of the molecule is O=C(/C=C/c1ccc(Cl)c(Cl)c1)N1CCN(Cc2nc(-c3cccs3)no2)CC1. The van der Waals surface area contributed by atoms with Gasteiger partial charge in [0.2, 0.25) is 17.6 Å². The van der Waals surface area contributed by atoms with Gasteiger partial charge in [0.15, 0.2) is 0 Å². The Labute approximate surface area is 182 Å². The molecule has 1 amide bonds. The van der Waals surface area contributed by atoms with Crippen molar-refractivity contribution >= 4 is 46.5 Å². The third-order valence-electron chi connectivity index (χ3n) is 4.61. The van der Waals surface area contributed by atoms with Crippen molar-refractivity contribution in [1.82, 2.24) is 19.9 Å². The Kier molecular flexibility index (Phi) is 6.30. The van der Waals surface area contributed by atoms with Crippen LogP contribution in [-0.4, -0.2) is 52.0 Å². The van der Waals surface area contributed by atoms with Crippen molar-refractivity contribution in [2.24, 2.45) is 0 Å². The van der Waals surface area contributed by atoms with E-state index in [1.807, 2.05) is 28.5 Å². The second-order valence-corrected chi connectivity index (χ2v) is 8.36. The summed E-state index contributed by atoms with van der Waals surface area (Å²) in [6.07, 6.45) is 3.32. The Hall–Kier alpha value is -2.19. The number of nitrogens with zero attached hydrogens (tertiary/aromatic N) is 4. The molecule has 4 rings (SSSR count). The van der Waals surface area contributed by atoms with Gasteiger partial charge in [0.25, 0.3) is 0 Å². The molecule has 1 aromatic carbocycles. The monoisotopic (exact) mass is 448 g/mol. The molecule has 150 valence electrons. The number of amides is 1. The second-order valence-electron chi connectivity index (χ2n) is 6.60. The van der Waals surface area contributed by atoms with Crippen molar-refractivity contribution in [2.45, 2.75) is 6.54 Å². The van der Waals surface area contributed by atoms with E-state index < -0.39 is 0 Å². The zero-order valence-electron chi connectivity index (χ0n) is 15.4. The van der Waals surface area contributed by atoms with Crippen molar-refractivity contribution in [3.05, 3.63) is 63.3 Å². The van der Waals surface area contributed by atoms with Crippen LogP contribution in [0.25, 0.3) is 16.8 Å². The highest BCUT2D eigenvalue weighted by molar-refractivity contribution is 7.13. The van der Waals surface area contributed by atoms with E-state index in [0.29, 0.717) is 41.4 Å². The predicted octanol–water partition coefficient (Wildman–Crippen LogP) is 4.46. The molecule has 0 saturated carbocycles. The highest BCUT2D eigenvalue weighted by Gasteiger charge is 2.21. The first-order chi connectivity index (χ1) is 14.1. The van der Waals surface area contributed by atoms with Crippen LogP contribution in [0.3, 0.4) is 0 Å². The largest absolute Gasteiger partial charge is 0.338 e. The molecule has 29 heavy (non-hydrogen) atoms. The molecule has 2 aromatic heterocycles. The average Bonchev–Trinajstić information content (AvgIpc) is 3.41. The quantitative estimate of drug-likeness (QED) is 0.539. The molecule has 3 aromatic rings. The van der Waals surface area contributed by atoms with E-state index >= 15 is 0 Å². The smallest absolute Gasteiger partial charge is 0.246 e. The van der Waals surface area contributed by atoms with Crippen LogP contribution in [-0.2, 0) is 11.3 Å². The summed E-state index contributed by atoms with van der Waals surface area (Å²) in [5.41, 5.74) is 0.837. The first-order valence-electron chi connectivity index (χ1n) is 9.09. The molecule has 9 heteroatoms. The summed E-state index contributed by atoms with van der Waals surface area (Å²) in [4.78, 5) is 21.9. The third kappa shape index (κ3) is 5.05. The molecular formula is C20H18Cl2N4O2S. The van der Waals surface area contributed by atoms with Gasteiger partial charge in [0, 0.05) is 32.3 Å². The normalized spacial score (nSPS) is 15.3. The van der Waals surface area contributed by atoms with E-state index in [-0.39, 0.29) is 5.91 Å². The number of thiophene rings is 1. The van der Waals surface area contributed by atoms with Gasteiger partial charge in [-0.05, 0) is 35.2 Å². The first-order valence-corrected chi connectivity index (χ1v) is 10.7. The maximum atomic E-state index is 12.4. The molecule has 1 aliphatic heterocycles. The molecule has 1 saturated heterocycles. The van der Waals surface area contributed by atoms with E-state index in [4.69, 9.17) is 27.7 Å². The van der Waals surface area contributed by atoms with Crippen LogP contribution in [0.5, 0.6) is 0 Å². The van der Waals surface area contributed by atoms with E-state index in [0.717, 1.165) is 23.5 Å². The summed E-state index contributed by atoms with van der Waals surface area (Å²) in [5.74, 6) is 1.19. The van der Waals surface area contributed by atoms with Crippen LogP contribution in [0.2, 0.25) is 10.0 Å².